The van der Waals surface area contributed by atoms with Crippen molar-refractivity contribution in [2.75, 3.05) is 11.4 Å². The van der Waals surface area contributed by atoms with E-state index in [4.69, 9.17) is 4.42 Å². The molecule has 1 unspecified atom stereocenters. The molecule has 0 spiro atoms. The largest absolute Gasteiger partial charge is 0.427 e. The standard InChI is InChI=1S/C17H21N3O4S/c1-12-6-8-14(9-7-12)25(22,23)19-16(21)15-17(24-11-18-15)20-10-4-3-5-13(20)2/h6-9,11,13H,3-5,10H2,1-2H3,(H,19,21). The fourth-order valence-electron chi connectivity index (χ4n) is 2.95. The molecule has 3 rings (SSSR count). The number of carbonyl (C=O) groups excluding carboxylic acids is 1. The normalized spacial score (nSPS) is 18.2. The molecule has 2 aromatic rings. The lowest BCUT2D eigenvalue weighted by atomic mass is 10.0. The lowest BCUT2D eigenvalue weighted by Gasteiger charge is -2.33. The highest BCUT2D eigenvalue weighted by Gasteiger charge is 2.29. The monoisotopic (exact) mass is 363 g/mol. The average molecular weight is 363 g/mol. The van der Waals surface area contributed by atoms with E-state index in [-0.39, 0.29) is 16.6 Å². The average Bonchev–Trinajstić information content (AvgIpc) is 3.05. The molecular formula is C17H21N3O4S. The van der Waals surface area contributed by atoms with Crippen LogP contribution in [0, 0.1) is 6.92 Å². The highest BCUT2D eigenvalue weighted by atomic mass is 32.2. The molecule has 0 bridgehead atoms. The van der Waals surface area contributed by atoms with E-state index < -0.39 is 15.9 Å². The number of oxazole rings is 1. The van der Waals surface area contributed by atoms with Gasteiger partial charge in [0, 0.05) is 12.6 Å². The van der Waals surface area contributed by atoms with E-state index in [0.29, 0.717) is 5.88 Å². The molecule has 0 saturated carbocycles. The Balaban J connectivity index is 1.82. The maximum Gasteiger partial charge on any atom is 0.289 e. The number of carbonyl (C=O) groups is 1. The maximum absolute atomic E-state index is 12.5. The first-order valence-corrected chi connectivity index (χ1v) is 9.71. The van der Waals surface area contributed by atoms with Crippen LogP contribution in [-0.2, 0) is 10.0 Å². The number of nitrogens with zero attached hydrogens (tertiary/aromatic N) is 2. The Morgan fingerprint density at radius 3 is 2.68 bits per heavy atom. The Hall–Kier alpha value is -2.35. The van der Waals surface area contributed by atoms with Crippen molar-refractivity contribution in [3.63, 3.8) is 0 Å². The number of sulfonamides is 1. The SMILES string of the molecule is Cc1ccc(S(=O)(=O)NC(=O)c2ncoc2N2CCCCC2C)cc1. The van der Waals surface area contributed by atoms with Crippen molar-refractivity contribution in [3.05, 3.63) is 41.9 Å². The molecule has 134 valence electrons. The van der Waals surface area contributed by atoms with E-state index in [1.807, 2.05) is 18.7 Å². The number of nitrogens with one attached hydrogen (secondary N) is 1. The van der Waals surface area contributed by atoms with Crippen molar-refractivity contribution in [2.45, 2.75) is 44.0 Å². The first-order valence-electron chi connectivity index (χ1n) is 8.22. The van der Waals surface area contributed by atoms with Gasteiger partial charge in [0.15, 0.2) is 12.1 Å². The van der Waals surface area contributed by atoms with Crippen molar-refractivity contribution >= 4 is 21.8 Å². The Kier molecular flexibility index (Phi) is 4.80. The van der Waals surface area contributed by atoms with Crippen LogP contribution in [0.4, 0.5) is 5.88 Å². The molecule has 1 amide bonds. The minimum absolute atomic E-state index is 0.00978. The molecule has 1 fully saturated rings. The molecule has 1 N–H and O–H groups in total. The summed E-state index contributed by atoms with van der Waals surface area (Å²) in [5.74, 6) is -0.467. The number of hydrogen-bond acceptors (Lipinski definition) is 6. The van der Waals surface area contributed by atoms with Crippen LogP contribution >= 0.6 is 0 Å². The summed E-state index contributed by atoms with van der Waals surface area (Å²) in [6.45, 7) is 4.66. The number of benzene rings is 1. The number of piperidine rings is 1. The minimum Gasteiger partial charge on any atom is -0.427 e. The third kappa shape index (κ3) is 3.68. The van der Waals surface area contributed by atoms with Crippen molar-refractivity contribution in [1.29, 1.82) is 0 Å². The van der Waals surface area contributed by atoms with E-state index >= 15 is 0 Å². The van der Waals surface area contributed by atoms with Crippen LogP contribution in [0.3, 0.4) is 0 Å². The zero-order chi connectivity index (χ0) is 18.0. The van der Waals surface area contributed by atoms with Crippen molar-refractivity contribution in [2.24, 2.45) is 0 Å². The van der Waals surface area contributed by atoms with Gasteiger partial charge in [-0.15, -0.1) is 0 Å². The number of hydrogen-bond donors (Lipinski definition) is 1. The van der Waals surface area contributed by atoms with E-state index in [9.17, 15) is 13.2 Å². The molecule has 2 heterocycles. The topological polar surface area (TPSA) is 92.5 Å². The van der Waals surface area contributed by atoms with Gasteiger partial charge in [0.1, 0.15) is 0 Å². The Morgan fingerprint density at radius 1 is 1.28 bits per heavy atom. The quantitative estimate of drug-likeness (QED) is 0.897. The summed E-state index contributed by atoms with van der Waals surface area (Å²) in [5, 5.41) is 0. The Bertz CT molecular complexity index is 858. The van der Waals surface area contributed by atoms with Gasteiger partial charge in [-0.2, -0.15) is 0 Å². The number of amides is 1. The van der Waals surface area contributed by atoms with Gasteiger partial charge >= 0.3 is 0 Å². The van der Waals surface area contributed by atoms with E-state index in [1.165, 1.54) is 18.5 Å². The molecule has 0 aliphatic carbocycles. The molecule has 1 aromatic heterocycles. The zero-order valence-corrected chi connectivity index (χ0v) is 15.0. The highest BCUT2D eigenvalue weighted by molar-refractivity contribution is 7.90. The molecule has 25 heavy (non-hydrogen) atoms. The first-order chi connectivity index (χ1) is 11.9. The predicted molar refractivity (Wildman–Crippen MR) is 93.0 cm³/mol. The van der Waals surface area contributed by atoms with Crippen LogP contribution in [0.1, 0.15) is 42.2 Å². The molecule has 1 aliphatic heterocycles. The van der Waals surface area contributed by atoms with Gasteiger partial charge < -0.3 is 9.32 Å². The lowest BCUT2D eigenvalue weighted by Crippen LogP contribution is -2.39. The smallest absolute Gasteiger partial charge is 0.289 e. The second-order valence-electron chi connectivity index (χ2n) is 6.29. The summed E-state index contributed by atoms with van der Waals surface area (Å²) in [6.07, 6.45) is 4.27. The summed E-state index contributed by atoms with van der Waals surface area (Å²) in [4.78, 5) is 18.4. The van der Waals surface area contributed by atoms with Crippen molar-refractivity contribution in [1.82, 2.24) is 9.71 Å². The third-order valence-electron chi connectivity index (χ3n) is 4.39. The molecule has 1 aromatic carbocycles. The summed E-state index contributed by atoms with van der Waals surface area (Å²) in [5.41, 5.74) is 0.924. The summed E-state index contributed by atoms with van der Waals surface area (Å²) in [7, 11) is -3.96. The zero-order valence-electron chi connectivity index (χ0n) is 14.2. The highest BCUT2D eigenvalue weighted by Crippen LogP contribution is 2.27. The van der Waals surface area contributed by atoms with Crippen LogP contribution in [0.25, 0.3) is 0 Å². The minimum atomic E-state index is -3.96. The second kappa shape index (κ2) is 6.87. The lowest BCUT2D eigenvalue weighted by molar-refractivity contribution is 0.0977. The summed E-state index contributed by atoms with van der Waals surface area (Å²) >= 11 is 0. The van der Waals surface area contributed by atoms with Crippen LogP contribution in [0.5, 0.6) is 0 Å². The van der Waals surface area contributed by atoms with Crippen LogP contribution in [0.15, 0.2) is 40.0 Å². The fourth-order valence-corrected chi connectivity index (χ4v) is 3.90. The van der Waals surface area contributed by atoms with Gasteiger partial charge in [0.2, 0.25) is 5.88 Å². The molecule has 1 aliphatic rings. The van der Waals surface area contributed by atoms with Gasteiger partial charge in [-0.1, -0.05) is 17.7 Å². The van der Waals surface area contributed by atoms with E-state index in [1.54, 1.807) is 12.1 Å². The number of rotatable bonds is 4. The van der Waals surface area contributed by atoms with Gasteiger partial charge in [0.25, 0.3) is 15.9 Å². The van der Waals surface area contributed by atoms with Crippen LogP contribution in [-0.4, -0.2) is 31.9 Å². The summed E-state index contributed by atoms with van der Waals surface area (Å²) < 4.78 is 32.3. The first kappa shape index (κ1) is 17.5. The molecule has 1 atom stereocenters. The van der Waals surface area contributed by atoms with Gasteiger partial charge in [-0.3, -0.25) is 4.79 Å². The Labute approximate surface area is 147 Å². The van der Waals surface area contributed by atoms with E-state index in [2.05, 4.69) is 9.71 Å². The number of aromatic nitrogens is 1. The summed E-state index contributed by atoms with van der Waals surface area (Å²) in [6, 6.07) is 6.48. The van der Waals surface area contributed by atoms with Gasteiger partial charge in [0.05, 0.1) is 4.90 Å². The maximum atomic E-state index is 12.5. The van der Waals surface area contributed by atoms with Gasteiger partial charge in [-0.05, 0) is 45.2 Å². The van der Waals surface area contributed by atoms with Crippen LogP contribution in [0.2, 0.25) is 0 Å². The van der Waals surface area contributed by atoms with Crippen molar-refractivity contribution < 1.29 is 17.6 Å². The molecule has 7 nitrogen and oxygen atoms in total. The number of anilines is 1. The molecular weight excluding hydrogens is 342 g/mol. The predicted octanol–water partition coefficient (Wildman–Crippen LogP) is 2.48. The molecule has 8 heteroatoms. The second-order valence-corrected chi connectivity index (χ2v) is 7.97. The molecule has 0 radical (unpaired) electrons. The molecule has 1 saturated heterocycles. The Morgan fingerprint density at radius 2 is 2.00 bits per heavy atom. The fraction of sp³-hybridized carbons (Fsp3) is 0.412. The van der Waals surface area contributed by atoms with E-state index in [0.717, 1.165) is 31.4 Å². The third-order valence-corrected chi connectivity index (χ3v) is 5.73. The number of aryl methyl sites for hydroxylation is 1. The van der Waals surface area contributed by atoms with Crippen LogP contribution < -0.4 is 9.62 Å². The van der Waals surface area contributed by atoms with Crippen molar-refractivity contribution in [3.8, 4) is 0 Å². The van der Waals surface area contributed by atoms with Gasteiger partial charge in [-0.25, -0.2) is 18.1 Å².